The molecular formula is C18H13BrF3N3O2S. The number of aromatic nitrogens is 2. The van der Waals surface area contributed by atoms with Crippen molar-refractivity contribution in [3.8, 4) is 10.7 Å². The molecule has 5 nitrogen and oxygen atoms in total. The molecule has 0 bridgehead atoms. The number of thiophene rings is 1. The van der Waals surface area contributed by atoms with Gasteiger partial charge in [0.2, 0.25) is 11.7 Å². The minimum atomic E-state index is -4.67. The molecule has 4 rings (SSSR count). The van der Waals surface area contributed by atoms with E-state index >= 15 is 0 Å². The molecule has 1 amide bonds. The van der Waals surface area contributed by atoms with E-state index in [-0.39, 0.29) is 11.7 Å². The highest BCUT2D eigenvalue weighted by atomic mass is 79.9. The van der Waals surface area contributed by atoms with Crippen molar-refractivity contribution in [2.24, 2.45) is 0 Å². The second-order valence-corrected chi connectivity index (χ2v) is 8.40. The van der Waals surface area contributed by atoms with Gasteiger partial charge in [-0.15, -0.1) is 11.3 Å². The molecule has 2 aromatic heterocycles. The van der Waals surface area contributed by atoms with Gasteiger partial charge in [-0.2, -0.15) is 18.2 Å². The fourth-order valence-electron chi connectivity index (χ4n) is 2.98. The quantitative estimate of drug-likeness (QED) is 0.555. The van der Waals surface area contributed by atoms with Crippen molar-refractivity contribution in [2.45, 2.75) is 25.6 Å². The van der Waals surface area contributed by atoms with Gasteiger partial charge in [0.05, 0.1) is 11.3 Å². The summed E-state index contributed by atoms with van der Waals surface area (Å²) in [5.41, 5.74) is 1.84. The van der Waals surface area contributed by atoms with Crippen LogP contribution in [0.25, 0.3) is 10.7 Å². The summed E-state index contributed by atoms with van der Waals surface area (Å²) >= 11 is 4.70. The first kappa shape index (κ1) is 19.1. The zero-order valence-corrected chi connectivity index (χ0v) is 16.7. The Labute approximate surface area is 170 Å². The van der Waals surface area contributed by atoms with Crippen molar-refractivity contribution in [3.05, 3.63) is 56.7 Å². The lowest BCUT2D eigenvalue weighted by molar-refractivity contribution is -0.159. The highest BCUT2D eigenvalue weighted by molar-refractivity contribution is 9.10. The summed E-state index contributed by atoms with van der Waals surface area (Å²) in [5.74, 6) is -1.43. The summed E-state index contributed by atoms with van der Waals surface area (Å²) in [6, 6.07) is 9.32. The Kier molecular flexibility index (Phi) is 5.00. The van der Waals surface area contributed by atoms with Crippen LogP contribution in [0.15, 0.2) is 39.3 Å². The highest BCUT2D eigenvalue weighted by Crippen LogP contribution is 2.35. The van der Waals surface area contributed by atoms with Gasteiger partial charge in [0.1, 0.15) is 0 Å². The molecule has 0 fully saturated rings. The Morgan fingerprint density at radius 2 is 2.04 bits per heavy atom. The molecule has 1 aromatic carbocycles. The molecule has 1 aliphatic heterocycles. The second-order valence-electron chi connectivity index (χ2n) is 6.35. The fraction of sp³-hybridized carbons (Fsp3) is 0.278. The Balaban J connectivity index is 1.48. The first-order valence-electron chi connectivity index (χ1n) is 8.34. The van der Waals surface area contributed by atoms with E-state index in [0.29, 0.717) is 30.8 Å². The summed E-state index contributed by atoms with van der Waals surface area (Å²) in [7, 11) is 0. The van der Waals surface area contributed by atoms with Crippen LogP contribution in [0.5, 0.6) is 0 Å². The van der Waals surface area contributed by atoms with Crippen LogP contribution in [0.3, 0.4) is 0 Å². The molecule has 0 saturated heterocycles. The van der Waals surface area contributed by atoms with E-state index in [0.717, 1.165) is 20.5 Å². The normalized spacial score (nSPS) is 14.2. The average molecular weight is 472 g/mol. The number of rotatable bonds is 3. The smallest absolute Gasteiger partial charge is 0.338 e. The van der Waals surface area contributed by atoms with Crippen LogP contribution < -0.4 is 0 Å². The van der Waals surface area contributed by atoms with Crippen LogP contribution in [-0.2, 0) is 30.4 Å². The maximum absolute atomic E-state index is 12.6. The first-order chi connectivity index (χ1) is 13.3. The Bertz CT molecular complexity index is 1010. The lowest BCUT2D eigenvalue weighted by Gasteiger charge is -2.27. The Morgan fingerprint density at radius 1 is 1.29 bits per heavy atom. The van der Waals surface area contributed by atoms with Crippen LogP contribution in [0, 0.1) is 0 Å². The van der Waals surface area contributed by atoms with Crippen molar-refractivity contribution in [1.82, 2.24) is 15.0 Å². The third-order valence-electron chi connectivity index (χ3n) is 4.38. The number of benzene rings is 1. The van der Waals surface area contributed by atoms with Gasteiger partial charge in [-0.05, 0) is 35.7 Å². The van der Waals surface area contributed by atoms with Gasteiger partial charge in [0.15, 0.2) is 0 Å². The predicted molar refractivity (Wildman–Crippen MR) is 99.6 cm³/mol. The second kappa shape index (κ2) is 7.32. The number of halogens is 4. The van der Waals surface area contributed by atoms with Crippen molar-refractivity contribution in [1.29, 1.82) is 0 Å². The minimum absolute atomic E-state index is 0.0136. The standard InChI is InChI=1S/C18H13BrF3N3O2S/c19-12-3-1-10(2-4-12)7-15(26)25-6-5-13-11(9-25)8-14(28-13)16-23-17(27-24-16)18(20,21)22/h1-4,8H,5-7,9H2. The number of amides is 1. The summed E-state index contributed by atoms with van der Waals surface area (Å²) < 4.78 is 43.2. The van der Waals surface area contributed by atoms with Crippen molar-refractivity contribution >= 4 is 33.2 Å². The maximum atomic E-state index is 12.6. The molecule has 0 spiro atoms. The van der Waals surface area contributed by atoms with E-state index in [1.54, 1.807) is 11.0 Å². The molecule has 28 heavy (non-hydrogen) atoms. The van der Waals surface area contributed by atoms with Gasteiger partial charge < -0.3 is 9.42 Å². The van der Waals surface area contributed by atoms with Crippen LogP contribution in [0.4, 0.5) is 13.2 Å². The molecule has 0 atom stereocenters. The molecule has 3 heterocycles. The minimum Gasteiger partial charge on any atom is -0.338 e. The number of nitrogens with zero attached hydrogens (tertiary/aromatic N) is 3. The van der Waals surface area contributed by atoms with Crippen LogP contribution in [-0.4, -0.2) is 27.5 Å². The molecule has 0 N–H and O–H groups in total. The topological polar surface area (TPSA) is 59.2 Å². The zero-order valence-electron chi connectivity index (χ0n) is 14.3. The third-order valence-corrected chi connectivity index (χ3v) is 6.14. The summed E-state index contributed by atoms with van der Waals surface area (Å²) in [4.78, 5) is 19.3. The van der Waals surface area contributed by atoms with Crippen molar-refractivity contribution in [2.75, 3.05) is 6.54 Å². The van der Waals surface area contributed by atoms with Gasteiger partial charge in [0, 0.05) is 22.4 Å². The molecular weight excluding hydrogens is 459 g/mol. The molecule has 0 radical (unpaired) electrons. The monoisotopic (exact) mass is 471 g/mol. The fourth-order valence-corrected chi connectivity index (χ4v) is 4.34. The van der Waals surface area contributed by atoms with E-state index < -0.39 is 12.1 Å². The van der Waals surface area contributed by atoms with E-state index in [1.165, 1.54) is 11.3 Å². The number of hydrogen-bond donors (Lipinski definition) is 0. The zero-order chi connectivity index (χ0) is 19.9. The van der Waals surface area contributed by atoms with Crippen molar-refractivity contribution < 1.29 is 22.5 Å². The molecule has 10 heteroatoms. The molecule has 0 aliphatic carbocycles. The first-order valence-corrected chi connectivity index (χ1v) is 9.95. The Hall–Kier alpha value is -2.20. The van der Waals surface area contributed by atoms with Crippen LogP contribution in [0.1, 0.15) is 21.9 Å². The number of carbonyl (C=O) groups is 1. The van der Waals surface area contributed by atoms with Gasteiger partial charge >= 0.3 is 12.1 Å². The average Bonchev–Trinajstić information content (AvgIpc) is 3.29. The van der Waals surface area contributed by atoms with E-state index in [1.807, 2.05) is 24.3 Å². The SMILES string of the molecule is O=C(Cc1ccc(Br)cc1)N1CCc2sc(-c3noc(C(F)(F)F)n3)cc2C1. The maximum Gasteiger partial charge on any atom is 0.471 e. The number of alkyl halides is 3. The molecule has 0 saturated carbocycles. The lowest BCUT2D eigenvalue weighted by Crippen LogP contribution is -2.36. The summed E-state index contributed by atoms with van der Waals surface area (Å²) in [5, 5.41) is 3.43. The summed E-state index contributed by atoms with van der Waals surface area (Å²) in [6.45, 7) is 0.994. The molecule has 146 valence electrons. The largest absolute Gasteiger partial charge is 0.471 e. The molecule has 3 aromatic rings. The van der Waals surface area contributed by atoms with E-state index in [4.69, 9.17) is 0 Å². The third kappa shape index (κ3) is 3.97. The molecule has 1 aliphatic rings. The van der Waals surface area contributed by atoms with E-state index in [2.05, 4.69) is 30.6 Å². The van der Waals surface area contributed by atoms with Gasteiger partial charge in [-0.1, -0.05) is 33.2 Å². The van der Waals surface area contributed by atoms with Gasteiger partial charge in [-0.25, -0.2) is 0 Å². The predicted octanol–water partition coefficient (Wildman–Crippen LogP) is 4.71. The van der Waals surface area contributed by atoms with Crippen LogP contribution in [0.2, 0.25) is 0 Å². The van der Waals surface area contributed by atoms with Crippen molar-refractivity contribution in [3.63, 3.8) is 0 Å². The Morgan fingerprint density at radius 3 is 2.71 bits per heavy atom. The summed E-state index contributed by atoms with van der Waals surface area (Å²) in [6.07, 6.45) is -3.71. The highest BCUT2D eigenvalue weighted by Gasteiger charge is 2.38. The number of hydrogen-bond acceptors (Lipinski definition) is 5. The number of carbonyl (C=O) groups excluding carboxylic acids is 1. The number of fused-ring (bicyclic) bond motifs is 1. The van der Waals surface area contributed by atoms with Gasteiger partial charge in [-0.3, -0.25) is 4.79 Å². The van der Waals surface area contributed by atoms with Crippen LogP contribution >= 0.6 is 27.3 Å². The molecule has 0 unspecified atom stereocenters. The van der Waals surface area contributed by atoms with E-state index in [9.17, 15) is 18.0 Å². The van der Waals surface area contributed by atoms with Gasteiger partial charge in [0.25, 0.3) is 0 Å². The lowest BCUT2D eigenvalue weighted by atomic mass is 10.1.